The fraction of sp³-hybridized carbons (Fsp3) is 0.500. The number of nitrogens with zero attached hydrogens (tertiary/aromatic N) is 1. The van der Waals surface area contributed by atoms with Crippen LogP contribution in [0.2, 0.25) is 0 Å². The van der Waals surface area contributed by atoms with Gasteiger partial charge in [-0.1, -0.05) is 0 Å². The molecule has 2 N–H and O–H groups in total. The fourth-order valence-electron chi connectivity index (χ4n) is 2.11. The van der Waals surface area contributed by atoms with Gasteiger partial charge in [0.1, 0.15) is 11.3 Å². The highest BCUT2D eigenvalue weighted by Crippen LogP contribution is 2.16. The molecule has 7 nitrogen and oxygen atoms in total. The van der Waals surface area contributed by atoms with Gasteiger partial charge in [0.15, 0.2) is 0 Å². The number of rotatable bonds is 6. The summed E-state index contributed by atoms with van der Waals surface area (Å²) in [4.78, 5) is 36.4. The van der Waals surface area contributed by atoms with Gasteiger partial charge >= 0.3 is 6.03 Å². The molecule has 0 saturated carbocycles. The van der Waals surface area contributed by atoms with E-state index in [0.717, 1.165) is 4.90 Å². The number of imide groups is 1. The summed E-state index contributed by atoms with van der Waals surface area (Å²) in [6, 6.07) is 3.12. The number of carbonyl (C=O) groups is 3. The van der Waals surface area contributed by atoms with Crippen LogP contribution >= 0.6 is 0 Å². The summed E-state index contributed by atoms with van der Waals surface area (Å²) in [6.07, 6.45) is 2.22. The van der Waals surface area contributed by atoms with E-state index in [-0.39, 0.29) is 24.8 Å². The Bertz CT molecular complexity index is 536. The molecule has 114 valence electrons. The molecule has 1 fully saturated rings. The zero-order valence-corrected chi connectivity index (χ0v) is 12.1. The first-order valence-electron chi connectivity index (χ1n) is 6.83. The van der Waals surface area contributed by atoms with Crippen molar-refractivity contribution in [3.8, 4) is 0 Å². The van der Waals surface area contributed by atoms with Gasteiger partial charge in [0.05, 0.1) is 12.8 Å². The molecule has 0 bridgehead atoms. The van der Waals surface area contributed by atoms with Gasteiger partial charge in [-0.3, -0.25) is 14.5 Å². The van der Waals surface area contributed by atoms with Crippen molar-refractivity contribution < 1.29 is 18.8 Å². The quantitative estimate of drug-likeness (QED) is 0.766. The first kappa shape index (κ1) is 15.1. The molecular formula is C14H19N3O4. The van der Waals surface area contributed by atoms with Gasteiger partial charge in [0, 0.05) is 13.0 Å². The van der Waals surface area contributed by atoms with Crippen molar-refractivity contribution in [1.82, 2.24) is 15.5 Å². The highest BCUT2D eigenvalue weighted by molar-refractivity contribution is 6.06. The number of amides is 4. The molecule has 0 radical (unpaired) electrons. The lowest BCUT2D eigenvalue weighted by Crippen LogP contribution is -2.40. The molecule has 0 aliphatic carbocycles. The summed E-state index contributed by atoms with van der Waals surface area (Å²) < 4.78 is 5.10. The topological polar surface area (TPSA) is 91.7 Å². The molecule has 21 heavy (non-hydrogen) atoms. The molecule has 1 aromatic rings. The minimum atomic E-state index is -0.862. The molecule has 0 atom stereocenters. The second kappa shape index (κ2) is 5.99. The first-order chi connectivity index (χ1) is 9.90. The Morgan fingerprint density at radius 1 is 1.43 bits per heavy atom. The van der Waals surface area contributed by atoms with Gasteiger partial charge in [-0.15, -0.1) is 0 Å². The van der Waals surface area contributed by atoms with Gasteiger partial charge < -0.3 is 15.1 Å². The maximum absolute atomic E-state index is 11.9. The SMILES string of the molecule is CC1(C)NC(=O)N(CCCC(=O)NCc2ccco2)C1=O. The average molecular weight is 293 g/mol. The summed E-state index contributed by atoms with van der Waals surface area (Å²) >= 11 is 0. The van der Waals surface area contributed by atoms with Crippen molar-refractivity contribution >= 4 is 17.8 Å². The Balaban J connectivity index is 1.70. The van der Waals surface area contributed by atoms with Crippen LogP contribution in [0.5, 0.6) is 0 Å². The standard InChI is InChI=1S/C14H19N3O4/c1-14(2)12(19)17(13(20)16-14)7-3-6-11(18)15-9-10-5-4-8-21-10/h4-5,8H,3,6-7,9H2,1-2H3,(H,15,18)(H,16,20). The van der Waals surface area contributed by atoms with Crippen molar-refractivity contribution in [1.29, 1.82) is 0 Å². The van der Waals surface area contributed by atoms with Crippen LogP contribution in [0.4, 0.5) is 4.79 Å². The van der Waals surface area contributed by atoms with Gasteiger partial charge in [-0.05, 0) is 32.4 Å². The normalized spacial score (nSPS) is 17.0. The number of carbonyl (C=O) groups excluding carboxylic acids is 3. The zero-order chi connectivity index (χ0) is 15.5. The summed E-state index contributed by atoms with van der Waals surface area (Å²) in [5.74, 6) is 0.278. The van der Waals surface area contributed by atoms with Crippen molar-refractivity contribution in [2.24, 2.45) is 0 Å². The van der Waals surface area contributed by atoms with Crippen molar-refractivity contribution in [3.63, 3.8) is 0 Å². The number of hydrogen-bond donors (Lipinski definition) is 2. The summed E-state index contributed by atoms with van der Waals surface area (Å²) in [6.45, 7) is 3.89. The molecule has 2 rings (SSSR count). The second-order valence-electron chi connectivity index (χ2n) is 5.47. The van der Waals surface area contributed by atoms with E-state index in [4.69, 9.17) is 4.42 Å². The van der Waals surface area contributed by atoms with E-state index in [0.29, 0.717) is 18.7 Å². The van der Waals surface area contributed by atoms with Crippen LogP contribution in [-0.2, 0) is 16.1 Å². The van der Waals surface area contributed by atoms with Crippen molar-refractivity contribution in [3.05, 3.63) is 24.2 Å². The van der Waals surface area contributed by atoms with E-state index in [1.54, 1.807) is 32.2 Å². The number of furan rings is 1. The molecule has 0 unspecified atom stereocenters. The zero-order valence-electron chi connectivity index (χ0n) is 12.1. The molecule has 2 heterocycles. The van der Waals surface area contributed by atoms with E-state index in [2.05, 4.69) is 10.6 Å². The molecular weight excluding hydrogens is 274 g/mol. The minimum Gasteiger partial charge on any atom is -0.467 e. The maximum atomic E-state index is 11.9. The molecule has 1 aliphatic rings. The number of urea groups is 1. The average Bonchev–Trinajstić information content (AvgIpc) is 2.98. The monoisotopic (exact) mass is 293 g/mol. The smallest absolute Gasteiger partial charge is 0.325 e. The van der Waals surface area contributed by atoms with Gasteiger partial charge in [0.2, 0.25) is 5.91 Å². The van der Waals surface area contributed by atoms with Crippen LogP contribution in [0.15, 0.2) is 22.8 Å². The van der Waals surface area contributed by atoms with Gasteiger partial charge in [0.25, 0.3) is 5.91 Å². The lowest BCUT2D eigenvalue weighted by Gasteiger charge is -2.15. The molecule has 1 aliphatic heterocycles. The first-order valence-corrected chi connectivity index (χ1v) is 6.83. The van der Waals surface area contributed by atoms with Crippen LogP contribution in [0.25, 0.3) is 0 Å². The fourth-order valence-corrected chi connectivity index (χ4v) is 2.11. The van der Waals surface area contributed by atoms with Crippen LogP contribution in [0.3, 0.4) is 0 Å². The molecule has 0 spiro atoms. The van der Waals surface area contributed by atoms with Crippen LogP contribution < -0.4 is 10.6 Å². The van der Waals surface area contributed by atoms with Crippen LogP contribution in [0.1, 0.15) is 32.4 Å². The predicted octanol–water partition coefficient (Wildman–Crippen LogP) is 1.01. The lowest BCUT2D eigenvalue weighted by molar-refractivity contribution is -0.130. The van der Waals surface area contributed by atoms with Crippen molar-refractivity contribution in [2.75, 3.05) is 6.54 Å². The highest BCUT2D eigenvalue weighted by atomic mass is 16.3. The minimum absolute atomic E-state index is 0.141. The third-order valence-electron chi connectivity index (χ3n) is 3.27. The molecule has 1 aromatic heterocycles. The summed E-state index contributed by atoms with van der Waals surface area (Å²) in [7, 11) is 0. The van der Waals surface area contributed by atoms with E-state index in [1.165, 1.54) is 0 Å². The third-order valence-corrected chi connectivity index (χ3v) is 3.27. The molecule has 0 aromatic carbocycles. The Morgan fingerprint density at radius 2 is 2.19 bits per heavy atom. The number of nitrogens with one attached hydrogen (secondary N) is 2. The molecule has 1 saturated heterocycles. The second-order valence-corrected chi connectivity index (χ2v) is 5.47. The van der Waals surface area contributed by atoms with E-state index < -0.39 is 11.6 Å². The van der Waals surface area contributed by atoms with E-state index in [9.17, 15) is 14.4 Å². The van der Waals surface area contributed by atoms with E-state index in [1.807, 2.05) is 0 Å². The number of hydrogen-bond acceptors (Lipinski definition) is 4. The lowest BCUT2D eigenvalue weighted by atomic mass is 10.1. The molecule has 7 heteroatoms. The van der Waals surface area contributed by atoms with Gasteiger partial charge in [-0.2, -0.15) is 0 Å². The van der Waals surface area contributed by atoms with Gasteiger partial charge in [-0.25, -0.2) is 4.79 Å². The summed E-state index contributed by atoms with van der Waals surface area (Å²) in [5, 5.41) is 5.31. The predicted molar refractivity (Wildman–Crippen MR) is 74.1 cm³/mol. The Kier molecular flexibility index (Phi) is 4.30. The Labute approximate surface area is 122 Å². The highest BCUT2D eigenvalue weighted by Gasteiger charge is 2.43. The Morgan fingerprint density at radius 3 is 2.76 bits per heavy atom. The van der Waals surface area contributed by atoms with E-state index >= 15 is 0 Å². The van der Waals surface area contributed by atoms with Crippen LogP contribution in [-0.4, -0.2) is 34.8 Å². The third kappa shape index (κ3) is 3.62. The Hall–Kier alpha value is -2.31. The maximum Gasteiger partial charge on any atom is 0.325 e. The summed E-state index contributed by atoms with van der Waals surface area (Å²) in [5.41, 5.74) is -0.862. The van der Waals surface area contributed by atoms with Crippen molar-refractivity contribution in [2.45, 2.75) is 38.8 Å². The molecule has 4 amide bonds. The largest absolute Gasteiger partial charge is 0.467 e. The van der Waals surface area contributed by atoms with Crippen LogP contribution in [0, 0.1) is 0 Å².